The highest BCUT2D eigenvalue weighted by Gasteiger charge is 2.16. The second kappa shape index (κ2) is 8.84. The number of nitrogens with zero attached hydrogens (tertiary/aromatic N) is 2. The molecule has 28 heavy (non-hydrogen) atoms. The number of aliphatic hydroxyl groups is 1. The largest absolute Gasteiger partial charge is 0.390 e. The number of morpholine rings is 1. The van der Waals surface area contributed by atoms with Gasteiger partial charge in [-0.25, -0.2) is 0 Å². The number of ketones is 1. The molecule has 0 bridgehead atoms. The number of carbonyl (C=O) groups is 1. The van der Waals surface area contributed by atoms with Crippen LogP contribution >= 0.6 is 11.3 Å². The van der Waals surface area contributed by atoms with Crippen LogP contribution in [0.15, 0.2) is 54.1 Å². The van der Waals surface area contributed by atoms with E-state index in [2.05, 4.69) is 21.6 Å². The molecule has 3 aromatic rings. The summed E-state index contributed by atoms with van der Waals surface area (Å²) in [6, 6.07) is 11.8. The molecule has 0 radical (unpaired) electrons. The minimum Gasteiger partial charge on any atom is -0.390 e. The van der Waals surface area contributed by atoms with Crippen LogP contribution in [0.5, 0.6) is 0 Å². The van der Waals surface area contributed by atoms with E-state index >= 15 is 0 Å². The number of benzene rings is 1. The third-order valence-corrected chi connectivity index (χ3v) is 5.86. The summed E-state index contributed by atoms with van der Waals surface area (Å²) >= 11 is 1.45. The number of carbonyl (C=O) groups excluding carboxylic acids is 1. The fourth-order valence-electron chi connectivity index (χ4n) is 3.59. The zero-order valence-electron chi connectivity index (χ0n) is 15.7. The van der Waals surface area contributed by atoms with Crippen molar-refractivity contribution in [2.24, 2.45) is 0 Å². The van der Waals surface area contributed by atoms with Gasteiger partial charge in [0.05, 0.1) is 24.2 Å². The third-order valence-electron chi connectivity index (χ3n) is 4.98. The van der Waals surface area contributed by atoms with E-state index in [1.54, 1.807) is 6.08 Å². The average Bonchev–Trinajstić information content (AvgIpc) is 3.36. The van der Waals surface area contributed by atoms with Crippen LogP contribution in [0.2, 0.25) is 0 Å². The third kappa shape index (κ3) is 4.42. The fraction of sp³-hybridized carbons (Fsp3) is 0.318. The van der Waals surface area contributed by atoms with Gasteiger partial charge in [0.2, 0.25) is 0 Å². The van der Waals surface area contributed by atoms with Crippen LogP contribution in [0.3, 0.4) is 0 Å². The zero-order chi connectivity index (χ0) is 19.3. The Balaban J connectivity index is 1.51. The number of β-amino-alcohol motifs (C(OH)–C–C–N with tert-alkyl or cyclic N) is 1. The Kier molecular flexibility index (Phi) is 6.02. The van der Waals surface area contributed by atoms with Crippen molar-refractivity contribution >= 4 is 34.1 Å². The van der Waals surface area contributed by atoms with E-state index in [4.69, 9.17) is 4.74 Å². The first kappa shape index (κ1) is 19.1. The molecule has 0 unspecified atom stereocenters. The van der Waals surface area contributed by atoms with Gasteiger partial charge in [-0.2, -0.15) is 0 Å². The van der Waals surface area contributed by atoms with Crippen LogP contribution in [0.1, 0.15) is 15.2 Å². The smallest absolute Gasteiger partial charge is 0.195 e. The molecule has 146 valence electrons. The lowest BCUT2D eigenvalue weighted by atomic mass is 10.1. The normalized spacial score (nSPS) is 16.8. The maximum absolute atomic E-state index is 12.3. The molecular formula is C22H24N2O3S. The van der Waals surface area contributed by atoms with Gasteiger partial charge < -0.3 is 14.4 Å². The van der Waals surface area contributed by atoms with Gasteiger partial charge >= 0.3 is 0 Å². The quantitative estimate of drug-likeness (QED) is 0.492. The standard InChI is InChI=1S/C22H24N2O3S/c25-18(15-23-9-11-27-12-10-23)16-24-14-17(19-4-1-2-5-20(19)24)7-8-21(26)22-6-3-13-28-22/h1-8,13-14,18,25H,9-12,15-16H2/b8-7-/t18-/m0/s1. The first-order valence-electron chi connectivity index (χ1n) is 9.52. The number of para-hydroxylation sites is 1. The summed E-state index contributed by atoms with van der Waals surface area (Å²) in [6.45, 7) is 4.34. The van der Waals surface area contributed by atoms with Crippen LogP contribution in [0.25, 0.3) is 17.0 Å². The van der Waals surface area contributed by atoms with Gasteiger partial charge in [0, 0.05) is 48.8 Å². The van der Waals surface area contributed by atoms with E-state index in [1.807, 2.05) is 41.9 Å². The molecule has 1 aliphatic heterocycles. The fourth-order valence-corrected chi connectivity index (χ4v) is 4.24. The van der Waals surface area contributed by atoms with Gasteiger partial charge in [-0.15, -0.1) is 11.3 Å². The highest BCUT2D eigenvalue weighted by molar-refractivity contribution is 7.12. The number of aromatic nitrogens is 1. The van der Waals surface area contributed by atoms with Crippen LogP contribution in [-0.4, -0.2) is 59.3 Å². The molecule has 1 aliphatic rings. The summed E-state index contributed by atoms with van der Waals surface area (Å²) in [5.74, 6) is 0.0131. The van der Waals surface area contributed by atoms with Crippen molar-refractivity contribution in [3.63, 3.8) is 0 Å². The highest BCUT2D eigenvalue weighted by Crippen LogP contribution is 2.23. The van der Waals surface area contributed by atoms with Gasteiger partial charge in [0.1, 0.15) is 0 Å². The van der Waals surface area contributed by atoms with Gasteiger partial charge in [0.25, 0.3) is 0 Å². The molecule has 1 saturated heterocycles. The van der Waals surface area contributed by atoms with Crippen LogP contribution < -0.4 is 0 Å². The van der Waals surface area contributed by atoms with Gasteiger partial charge in [-0.3, -0.25) is 9.69 Å². The number of rotatable bonds is 7. The molecule has 6 heteroatoms. The van der Waals surface area contributed by atoms with Crippen molar-refractivity contribution in [1.82, 2.24) is 9.47 Å². The SMILES string of the molecule is O=C(/C=C\c1cn(C[C@@H](O)CN2CCOCC2)c2ccccc12)c1cccs1. The Hall–Kier alpha value is -2.25. The van der Waals surface area contributed by atoms with Crippen molar-refractivity contribution in [2.45, 2.75) is 12.6 Å². The Bertz CT molecular complexity index is 955. The predicted molar refractivity (Wildman–Crippen MR) is 113 cm³/mol. The maximum Gasteiger partial charge on any atom is 0.195 e. The monoisotopic (exact) mass is 396 g/mol. The van der Waals surface area contributed by atoms with Crippen molar-refractivity contribution < 1.29 is 14.6 Å². The lowest BCUT2D eigenvalue weighted by molar-refractivity contribution is 0.0117. The van der Waals surface area contributed by atoms with Gasteiger partial charge in [0.15, 0.2) is 5.78 Å². The molecule has 0 amide bonds. The molecule has 0 spiro atoms. The summed E-state index contributed by atoms with van der Waals surface area (Å²) < 4.78 is 7.45. The predicted octanol–water partition coefficient (Wildman–Crippen LogP) is 3.29. The van der Waals surface area contributed by atoms with Gasteiger partial charge in [-0.1, -0.05) is 24.3 Å². The van der Waals surface area contributed by atoms with E-state index in [0.717, 1.165) is 47.6 Å². The molecule has 1 N–H and O–H groups in total. The topological polar surface area (TPSA) is 54.7 Å². The number of allylic oxidation sites excluding steroid dienone is 1. The molecular weight excluding hydrogens is 372 g/mol. The molecule has 1 atom stereocenters. The van der Waals surface area contributed by atoms with E-state index < -0.39 is 6.10 Å². The summed E-state index contributed by atoms with van der Waals surface area (Å²) in [5, 5.41) is 13.6. The van der Waals surface area contributed by atoms with E-state index in [9.17, 15) is 9.90 Å². The van der Waals surface area contributed by atoms with Crippen molar-refractivity contribution in [2.75, 3.05) is 32.8 Å². The van der Waals surface area contributed by atoms with E-state index in [-0.39, 0.29) is 5.78 Å². The average molecular weight is 397 g/mol. The number of hydrogen-bond acceptors (Lipinski definition) is 5. The van der Waals surface area contributed by atoms with E-state index in [1.165, 1.54) is 11.3 Å². The number of thiophene rings is 1. The summed E-state index contributed by atoms with van der Waals surface area (Å²) in [5.41, 5.74) is 2.05. The minimum absolute atomic E-state index is 0.0131. The lowest BCUT2D eigenvalue weighted by Crippen LogP contribution is -2.41. The van der Waals surface area contributed by atoms with Crippen LogP contribution in [0.4, 0.5) is 0 Å². The first-order chi connectivity index (χ1) is 13.7. The number of ether oxygens (including phenoxy) is 1. The van der Waals surface area contributed by atoms with E-state index in [0.29, 0.717) is 13.1 Å². The number of fused-ring (bicyclic) bond motifs is 1. The van der Waals surface area contributed by atoms with Crippen molar-refractivity contribution in [3.8, 4) is 0 Å². The second-order valence-corrected chi connectivity index (χ2v) is 7.94. The molecule has 1 fully saturated rings. The molecule has 2 aromatic heterocycles. The Labute approximate surface area is 168 Å². The Morgan fingerprint density at radius 2 is 2.00 bits per heavy atom. The molecule has 0 saturated carbocycles. The van der Waals surface area contributed by atoms with Crippen molar-refractivity contribution in [1.29, 1.82) is 0 Å². The maximum atomic E-state index is 12.3. The summed E-state index contributed by atoms with van der Waals surface area (Å²) in [6.07, 6.45) is 5.06. The number of aliphatic hydroxyl groups excluding tert-OH is 1. The first-order valence-corrected chi connectivity index (χ1v) is 10.4. The van der Waals surface area contributed by atoms with Crippen LogP contribution in [0, 0.1) is 0 Å². The molecule has 4 rings (SSSR count). The zero-order valence-corrected chi connectivity index (χ0v) is 16.5. The molecule has 0 aliphatic carbocycles. The second-order valence-electron chi connectivity index (χ2n) is 7.00. The minimum atomic E-state index is -0.460. The van der Waals surface area contributed by atoms with Crippen molar-refractivity contribution in [3.05, 3.63) is 64.5 Å². The Morgan fingerprint density at radius 1 is 1.18 bits per heavy atom. The summed E-state index contributed by atoms with van der Waals surface area (Å²) in [7, 11) is 0. The van der Waals surface area contributed by atoms with Gasteiger partial charge in [-0.05, 0) is 29.7 Å². The molecule has 5 nitrogen and oxygen atoms in total. The molecule has 1 aromatic carbocycles. The highest BCUT2D eigenvalue weighted by atomic mass is 32.1. The summed E-state index contributed by atoms with van der Waals surface area (Å²) in [4.78, 5) is 15.3. The lowest BCUT2D eigenvalue weighted by Gasteiger charge is -2.28. The van der Waals surface area contributed by atoms with Crippen LogP contribution in [-0.2, 0) is 11.3 Å². The Morgan fingerprint density at radius 3 is 2.79 bits per heavy atom. The molecule has 3 heterocycles. The number of hydrogen-bond donors (Lipinski definition) is 1.